The van der Waals surface area contributed by atoms with Crippen molar-refractivity contribution in [3.8, 4) is 28.4 Å². The topological polar surface area (TPSA) is 88.3 Å². The van der Waals surface area contributed by atoms with Crippen LogP contribution in [0.25, 0.3) is 22.0 Å². The van der Waals surface area contributed by atoms with Crippen LogP contribution in [0.4, 0.5) is 5.69 Å². The molecule has 0 radical (unpaired) electrons. The van der Waals surface area contributed by atoms with E-state index < -0.39 is 5.56 Å². The van der Waals surface area contributed by atoms with Gasteiger partial charge in [-0.25, -0.2) is 0 Å². The summed E-state index contributed by atoms with van der Waals surface area (Å²) < 4.78 is 5.81. The van der Waals surface area contributed by atoms with Crippen LogP contribution >= 0.6 is 0 Å². The zero-order valence-corrected chi connectivity index (χ0v) is 13.8. The van der Waals surface area contributed by atoms with Crippen molar-refractivity contribution in [3.63, 3.8) is 0 Å². The molecule has 0 atom stereocenters. The van der Waals surface area contributed by atoms with Crippen LogP contribution in [0, 0.1) is 0 Å². The first-order valence-electron chi connectivity index (χ1n) is 8.09. The maximum Gasteiger partial charge on any atom is 0.260 e. The minimum atomic E-state index is -0.391. The molecule has 0 spiro atoms. The van der Waals surface area contributed by atoms with Crippen LogP contribution in [0.3, 0.4) is 0 Å². The van der Waals surface area contributed by atoms with E-state index in [0.29, 0.717) is 33.7 Å². The molecule has 4 aromatic rings. The monoisotopic (exact) mass is 344 g/mol. The van der Waals surface area contributed by atoms with Crippen LogP contribution in [0.15, 0.2) is 77.6 Å². The van der Waals surface area contributed by atoms with Crippen LogP contribution < -0.4 is 16.0 Å². The quantitative estimate of drug-likeness (QED) is 0.484. The van der Waals surface area contributed by atoms with E-state index >= 15 is 0 Å². The van der Waals surface area contributed by atoms with Gasteiger partial charge >= 0.3 is 0 Å². The molecule has 5 nitrogen and oxygen atoms in total. The number of para-hydroxylation sites is 1. The highest BCUT2D eigenvalue weighted by atomic mass is 16.5. The Hall–Kier alpha value is -3.73. The molecule has 0 saturated carbocycles. The second-order valence-electron chi connectivity index (χ2n) is 5.93. The maximum atomic E-state index is 12.5. The number of fused-ring (bicyclic) bond motifs is 1. The molecule has 1 aromatic heterocycles. The number of aromatic hydroxyl groups is 1. The molecule has 0 saturated heterocycles. The summed E-state index contributed by atoms with van der Waals surface area (Å²) in [5.74, 6) is 1.18. The van der Waals surface area contributed by atoms with Crippen LogP contribution in [-0.4, -0.2) is 10.1 Å². The summed E-state index contributed by atoms with van der Waals surface area (Å²) in [4.78, 5) is 15.3. The molecule has 5 heteroatoms. The highest BCUT2D eigenvalue weighted by molar-refractivity contribution is 5.93. The van der Waals surface area contributed by atoms with E-state index in [1.165, 1.54) is 0 Å². The summed E-state index contributed by atoms with van der Waals surface area (Å²) in [5.41, 5.74) is 7.12. The van der Waals surface area contributed by atoms with Crippen LogP contribution in [0.2, 0.25) is 0 Å². The standard InChI is InChI=1S/C21H16N2O3/c22-14-9-10-17-18(12-14)23-21(25)19(20(17)24)13-5-4-8-16(11-13)26-15-6-2-1-3-7-15/h1-12H,22H2,(H2,23,24,25). The molecular formula is C21H16N2O3. The van der Waals surface area contributed by atoms with Crippen molar-refractivity contribution in [3.05, 3.63) is 83.2 Å². The highest BCUT2D eigenvalue weighted by Crippen LogP contribution is 2.34. The Morgan fingerprint density at radius 3 is 2.46 bits per heavy atom. The van der Waals surface area contributed by atoms with E-state index in [0.717, 1.165) is 0 Å². The summed E-state index contributed by atoms with van der Waals surface area (Å²) in [6.45, 7) is 0. The van der Waals surface area contributed by atoms with E-state index in [1.54, 1.807) is 42.5 Å². The average Bonchev–Trinajstić information content (AvgIpc) is 2.62. The number of pyridine rings is 1. The minimum absolute atomic E-state index is 0.0828. The third kappa shape index (κ3) is 2.86. The number of benzene rings is 3. The van der Waals surface area contributed by atoms with Crippen molar-refractivity contribution < 1.29 is 9.84 Å². The Balaban J connectivity index is 1.82. The van der Waals surface area contributed by atoms with Gasteiger partial charge in [-0.2, -0.15) is 0 Å². The predicted molar refractivity (Wildman–Crippen MR) is 103 cm³/mol. The SMILES string of the molecule is Nc1ccc2c(O)c(-c3cccc(Oc4ccccc4)c3)c(=O)[nH]c2c1. The lowest BCUT2D eigenvalue weighted by Crippen LogP contribution is -2.09. The second-order valence-corrected chi connectivity index (χ2v) is 5.93. The van der Waals surface area contributed by atoms with Gasteiger partial charge in [0.2, 0.25) is 0 Å². The van der Waals surface area contributed by atoms with Crippen LogP contribution in [-0.2, 0) is 0 Å². The molecule has 0 aliphatic heterocycles. The van der Waals surface area contributed by atoms with E-state index in [4.69, 9.17) is 10.5 Å². The van der Waals surface area contributed by atoms with Gasteiger partial charge in [0, 0.05) is 11.1 Å². The van der Waals surface area contributed by atoms with Crippen molar-refractivity contribution in [1.82, 2.24) is 4.98 Å². The van der Waals surface area contributed by atoms with Crippen molar-refractivity contribution in [1.29, 1.82) is 0 Å². The zero-order valence-electron chi connectivity index (χ0n) is 13.8. The van der Waals surface area contributed by atoms with Gasteiger partial charge in [0.1, 0.15) is 17.2 Å². The van der Waals surface area contributed by atoms with Gasteiger partial charge < -0.3 is 20.6 Å². The fourth-order valence-electron chi connectivity index (χ4n) is 2.91. The van der Waals surface area contributed by atoms with Gasteiger partial charge in [-0.05, 0) is 48.0 Å². The molecule has 26 heavy (non-hydrogen) atoms. The van der Waals surface area contributed by atoms with E-state index in [2.05, 4.69) is 4.98 Å². The van der Waals surface area contributed by atoms with Crippen molar-refractivity contribution in [2.45, 2.75) is 0 Å². The lowest BCUT2D eigenvalue weighted by Gasteiger charge is -2.10. The molecule has 1 heterocycles. The van der Waals surface area contributed by atoms with Crippen LogP contribution in [0.5, 0.6) is 17.2 Å². The number of rotatable bonds is 3. The summed E-state index contributed by atoms with van der Waals surface area (Å²) in [7, 11) is 0. The van der Waals surface area contributed by atoms with Crippen molar-refractivity contribution in [2.75, 3.05) is 5.73 Å². The number of ether oxygens (including phenoxy) is 1. The Morgan fingerprint density at radius 2 is 1.65 bits per heavy atom. The first-order valence-corrected chi connectivity index (χ1v) is 8.09. The van der Waals surface area contributed by atoms with Gasteiger partial charge in [-0.3, -0.25) is 4.79 Å². The number of hydrogen-bond donors (Lipinski definition) is 3. The number of aromatic amines is 1. The van der Waals surface area contributed by atoms with Crippen LogP contribution in [0.1, 0.15) is 0 Å². The highest BCUT2D eigenvalue weighted by Gasteiger charge is 2.14. The van der Waals surface area contributed by atoms with Gasteiger partial charge in [-0.15, -0.1) is 0 Å². The van der Waals surface area contributed by atoms with Gasteiger partial charge in [-0.1, -0.05) is 30.3 Å². The fourth-order valence-corrected chi connectivity index (χ4v) is 2.91. The fraction of sp³-hybridized carbons (Fsp3) is 0. The van der Waals surface area contributed by atoms with Crippen molar-refractivity contribution in [2.24, 2.45) is 0 Å². The zero-order chi connectivity index (χ0) is 18.1. The molecule has 128 valence electrons. The number of nitrogens with two attached hydrogens (primary N) is 1. The maximum absolute atomic E-state index is 12.5. The second kappa shape index (κ2) is 6.29. The average molecular weight is 344 g/mol. The predicted octanol–water partition coefficient (Wildman–Crippen LogP) is 4.28. The molecule has 0 aliphatic carbocycles. The number of nitrogens with one attached hydrogen (secondary N) is 1. The molecule has 0 fully saturated rings. The summed E-state index contributed by atoms with van der Waals surface area (Å²) >= 11 is 0. The smallest absolute Gasteiger partial charge is 0.260 e. The molecule has 0 unspecified atom stereocenters. The number of aromatic nitrogens is 1. The molecule has 0 amide bonds. The number of anilines is 1. The molecular weight excluding hydrogens is 328 g/mol. The number of H-pyrrole nitrogens is 1. The first kappa shape index (κ1) is 15.8. The molecule has 0 bridgehead atoms. The van der Waals surface area contributed by atoms with E-state index in [9.17, 15) is 9.90 Å². The Morgan fingerprint density at radius 1 is 0.885 bits per heavy atom. The van der Waals surface area contributed by atoms with Gasteiger partial charge in [0.25, 0.3) is 5.56 Å². The number of nitrogen functional groups attached to an aromatic ring is 1. The Kier molecular flexibility index (Phi) is 3.82. The Bertz CT molecular complexity index is 1150. The summed E-state index contributed by atoms with van der Waals surface area (Å²) in [6, 6.07) is 21.4. The van der Waals surface area contributed by atoms with Gasteiger partial charge in [0.05, 0.1) is 11.1 Å². The molecule has 3 aromatic carbocycles. The third-order valence-corrected chi connectivity index (χ3v) is 4.11. The summed E-state index contributed by atoms with van der Waals surface area (Å²) in [6.07, 6.45) is 0. The lowest BCUT2D eigenvalue weighted by atomic mass is 10.0. The van der Waals surface area contributed by atoms with Gasteiger partial charge in [0.15, 0.2) is 0 Å². The largest absolute Gasteiger partial charge is 0.506 e. The summed E-state index contributed by atoms with van der Waals surface area (Å²) in [5, 5.41) is 11.2. The lowest BCUT2D eigenvalue weighted by molar-refractivity contribution is 0.480. The molecule has 4 N–H and O–H groups in total. The Labute approximate surface area is 149 Å². The molecule has 0 aliphatic rings. The third-order valence-electron chi connectivity index (χ3n) is 4.11. The van der Waals surface area contributed by atoms with Crippen molar-refractivity contribution >= 4 is 16.6 Å². The minimum Gasteiger partial charge on any atom is -0.506 e. The normalized spacial score (nSPS) is 10.8. The van der Waals surface area contributed by atoms with E-state index in [-0.39, 0.29) is 11.3 Å². The first-order chi connectivity index (χ1) is 12.6. The van der Waals surface area contributed by atoms with E-state index in [1.807, 2.05) is 30.3 Å². The molecule has 4 rings (SSSR count). The number of hydrogen-bond acceptors (Lipinski definition) is 4.